The predicted octanol–water partition coefficient (Wildman–Crippen LogP) is 1.52. The van der Waals surface area contributed by atoms with Gasteiger partial charge in [-0.1, -0.05) is 19.8 Å². The van der Waals surface area contributed by atoms with Crippen molar-refractivity contribution in [3.05, 3.63) is 0 Å². The van der Waals surface area contributed by atoms with Gasteiger partial charge in [-0.15, -0.1) is 0 Å². The maximum Gasteiger partial charge on any atom is 0.138 e. The molecule has 1 aliphatic rings. The van der Waals surface area contributed by atoms with E-state index in [0.29, 0.717) is 6.42 Å². The van der Waals surface area contributed by atoms with Gasteiger partial charge in [-0.05, 0) is 12.8 Å². The molecule has 2 heteroatoms. The molecule has 0 amide bonds. The van der Waals surface area contributed by atoms with Crippen LogP contribution < -0.4 is 0 Å². The summed E-state index contributed by atoms with van der Waals surface area (Å²) in [4.78, 5) is 11.2. The van der Waals surface area contributed by atoms with Crippen molar-refractivity contribution in [3.8, 4) is 0 Å². The Balaban J connectivity index is 2.47. The van der Waals surface area contributed by atoms with Gasteiger partial charge >= 0.3 is 0 Å². The molecule has 0 aromatic carbocycles. The molecule has 2 atom stereocenters. The Morgan fingerprint density at radius 2 is 2.09 bits per heavy atom. The number of hydrogen-bond donors (Lipinski definition) is 1. The summed E-state index contributed by atoms with van der Waals surface area (Å²) in [6, 6.07) is 0. The van der Waals surface area contributed by atoms with Gasteiger partial charge in [-0.3, -0.25) is 4.79 Å². The molecule has 11 heavy (non-hydrogen) atoms. The highest BCUT2D eigenvalue weighted by atomic mass is 16.3. The van der Waals surface area contributed by atoms with E-state index in [1.165, 1.54) is 0 Å². The Morgan fingerprint density at radius 1 is 1.45 bits per heavy atom. The van der Waals surface area contributed by atoms with E-state index in [2.05, 4.69) is 0 Å². The van der Waals surface area contributed by atoms with E-state index < -0.39 is 0 Å². The summed E-state index contributed by atoms with van der Waals surface area (Å²) < 4.78 is 0. The lowest BCUT2D eigenvalue weighted by atomic mass is 9.83. The smallest absolute Gasteiger partial charge is 0.138 e. The topological polar surface area (TPSA) is 37.3 Å². The number of rotatable bonds is 2. The van der Waals surface area contributed by atoms with Crippen LogP contribution in [0.4, 0.5) is 0 Å². The van der Waals surface area contributed by atoms with Crippen LogP contribution in [0.15, 0.2) is 0 Å². The molecule has 1 fully saturated rings. The van der Waals surface area contributed by atoms with Crippen molar-refractivity contribution in [2.45, 2.75) is 45.1 Å². The lowest BCUT2D eigenvalue weighted by molar-refractivity contribution is -0.127. The van der Waals surface area contributed by atoms with E-state index in [4.69, 9.17) is 0 Å². The van der Waals surface area contributed by atoms with Crippen molar-refractivity contribution in [2.75, 3.05) is 0 Å². The zero-order valence-corrected chi connectivity index (χ0v) is 7.05. The van der Waals surface area contributed by atoms with E-state index in [9.17, 15) is 9.90 Å². The van der Waals surface area contributed by atoms with Crippen molar-refractivity contribution in [2.24, 2.45) is 5.92 Å². The average molecular weight is 156 g/mol. The van der Waals surface area contributed by atoms with Crippen LogP contribution in [0.25, 0.3) is 0 Å². The molecule has 1 aliphatic carbocycles. The SMILES string of the molecule is CCC(=O)C1CCCCC1O. The molecule has 0 radical (unpaired) electrons. The Labute approximate surface area is 67.6 Å². The summed E-state index contributed by atoms with van der Waals surface area (Å²) >= 11 is 0. The second-order valence-corrected chi connectivity index (χ2v) is 3.28. The molecule has 0 spiro atoms. The van der Waals surface area contributed by atoms with Crippen molar-refractivity contribution in [1.82, 2.24) is 0 Å². The number of carbonyl (C=O) groups is 1. The van der Waals surface area contributed by atoms with Gasteiger partial charge in [0.1, 0.15) is 5.78 Å². The van der Waals surface area contributed by atoms with Crippen LogP contribution in [0.1, 0.15) is 39.0 Å². The molecular weight excluding hydrogens is 140 g/mol. The molecule has 0 aliphatic heterocycles. The van der Waals surface area contributed by atoms with E-state index in [1.54, 1.807) is 0 Å². The van der Waals surface area contributed by atoms with Gasteiger partial charge < -0.3 is 5.11 Å². The summed E-state index contributed by atoms with van der Waals surface area (Å²) in [5, 5.41) is 9.45. The van der Waals surface area contributed by atoms with Crippen LogP contribution in [0, 0.1) is 5.92 Å². The van der Waals surface area contributed by atoms with Gasteiger partial charge in [-0.2, -0.15) is 0 Å². The first kappa shape index (κ1) is 8.72. The van der Waals surface area contributed by atoms with E-state index >= 15 is 0 Å². The third-order valence-corrected chi connectivity index (χ3v) is 2.49. The summed E-state index contributed by atoms with van der Waals surface area (Å²) in [5.74, 6) is 0.186. The monoisotopic (exact) mass is 156 g/mol. The molecule has 2 nitrogen and oxygen atoms in total. The Kier molecular flexibility index (Phi) is 3.06. The fourth-order valence-corrected chi connectivity index (χ4v) is 1.75. The summed E-state index contributed by atoms with van der Waals surface area (Å²) in [7, 11) is 0. The predicted molar refractivity (Wildman–Crippen MR) is 43.3 cm³/mol. The van der Waals surface area contributed by atoms with Crippen LogP contribution in [0.5, 0.6) is 0 Å². The first-order valence-corrected chi connectivity index (χ1v) is 4.46. The number of aliphatic hydroxyl groups is 1. The van der Waals surface area contributed by atoms with Crippen molar-refractivity contribution in [3.63, 3.8) is 0 Å². The maximum absolute atomic E-state index is 11.2. The van der Waals surface area contributed by atoms with Crippen LogP contribution in [0.2, 0.25) is 0 Å². The van der Waals surface area contributed by atoms with Crippen LogP contribution in [-0.4, -0.2) is 17.0 Å². The summed E-state index contributed by atoms with van der Waals surface area (Å²) in [6.45, 7) is 1.86. The van der Waals surface area contributed by atoms with Gasteiger partial charge in [-0.25, -0.2) is 0 Å². The normalized spacial score (nSPS) is 31.8. The zero-order chi connectivity index (χ0) is 8.27. The maximum atomic E-state index is 11.2. The molecule has 0 saturated heterocycles. The largest absolute Gasteiger partial charge is 0.392 e. The Morgan fingerprint density at radius 3 is 2.64 bits per heavy atom. The molecule has 1 rings (SSSR count). The van der Waals surface area contributed by atoms with Gasteiger partial charge in [0.15, 0.2) is 0 Å². The third-order valence-electron chi connectivity index (χ3n) is 2.49. The second kappa shape index (κ2) is 3.86. The minimum atomic E-state index is -0.351. The minimum absolute atomic E-state index is 0.0475. The number of aliphatic hydroxyl groups excluding tert-OH is 1. The van der Waals surface area contributed by atoms with Crippen molar-refractivity contribution < 1.29 is 9.90 Å². The fourth-order valence-electron chi connectivity index (χ4n) is 1.75. The highest BCUT2D eigenvalue weighted by molar-refractivity contribution is 5.81. The quantitative estimate of drug-likeness (QED) is 0.658. The first-order chi connectivity index (χ1) is 5.25. The number of hydrogen-bond acceptors (Lipinski definition) is 2. The van der Waals surface area contributed by atoms with Crippen LogP contribution in [0.3, 0.4) is 0 Å². The fraction of sp³-hybridized carbons (Fsp3) is 0.889. The Bertz CT molecular complexity index is 142. The molecular formula is C9H16O2. The van der Waals surface area contributed by atoms with Gasteiger partial charge in [0.2, 0.25) is 0 Å². The lowest BCUT2D eigenvalue weighted by Crippen LogP contribution is -2.30. The Hall–Kier alpha value is -0.370. The molecule has 1 saturated carbocycles. The summed E-state index contributed by atoms with van der Waals surface area (Å²) in [5.41, 5.74) is 0. The molecule has 64 valence electrons. The second-order valence-electron chi connectivity index (χ2n) is 3.28. The van der Waals surface area contributed by atoms with Crippen molar-refractivity contribution in [1.29, 1.82) is 0 Å². The van der Waals surface area contributed by atoms with Crippen LogP contribution in [-0.2, 0) is 4.79 Å². The van der Waals surface area contributed by atoms with E-state index in [0.717, 1.165) is 25.7 Å². The molecule has 2 unspecified atom stereocenters. The van der Waals surface area contributed by atoms with Crippen LogP contribution >= 0.6 is 0 Å². The minimum Gasteiger partial charge on any atom is -0.392 e. The van der Waals surface area contributed by atoms with E-state index in [-0.39, 0.29) is 17.8 Å². The number of Topliss-reactive ketones (excluding diaryl/α,β-unsaturated/α-hetero) is 1. The van der Waals surface area contributed by atoms with Gasteiger partial charge in [0.05, 0.1) is 6.10 Å². The van der Waals surface area contributed by atoms with Gasteiger partial charge in [0.25, 0.3) is 0 Å². The van der Waals surface area contributed by atoms with Crippen molar-refractivity contribution >= 4 is 5.78 Å². The number of ketones is 1. The summed E-state index contributed by atoms with van der Waals surface area (Å²) in [6.07, 6.45) is 4.12. The average Bonchev–Trinajstić information content (AvgIpc) is 2.04. The lowest BCUT2D eigenvalue weighted by Gasteiger charge is -2.25. The highest BCUT2D eigenvalue weighted by Crippen LogP contribution is 2.25. The van der Waals surface area contributed by atoms with E-state index in [1.807, 2.05) is 6.92 Å². The van der Waals surface area contributed by atoms with Gasteiger partial charge in [0, 0.05) is 12.3 Å². The molecule has 0 heterocycles. The number of carbonyl (C=O) groups excluding carboxylic acids is 1. The molecule has 0 bridgehead atoms. The third kappa shape index (κ3) is 2.03. The zero-order valence-electron chi connectivity index (χ0n) is 7.05. The first-order valence-electron chi connectivity index (χ1n) is 4.46. The molecule has 0 aromatic rings. The molecule has 1 N–H and O–H groups in total. The highest BCUT2D eigenvalue weighted by Gasteiger charge is 2.27. The molecule has 0 aromatic heterocycles. The standard InChI is InChI=1S/C9H16O2/c1-2-8(10)7-5-3-4-6-9(7)11/h7,9,11H,2-6H2,1H3.